The van der Waals surface area contributed by atoms with Gasteiger partial charge in [0.15, 0.2) is 0 Å². The van der Waals surface area contributed by atoms with E-state index in [0.717, 1.165) is 25.0 Å². The van der Waals surface area contributed by atoms with Crippen molar-refractivity contribution in [2.75, 3.05) is 5.43 Å². The Morgan fingerprint density at radius 2 is 2.20 bits per heavy atom. The summed E-state index contributed by atoms with van der Waals surface area (Å²) in [7, 11) is -3.74. The van der Waals surface area contributed by atoms with Gasteiger partial charge in [-0.05, 0) is 18.4 Å². The number of non-ortho nitro benzene ring substituents is 1. The van der Waals surface area contributed by atoms with Crippen molar-refractivity contribution >= 4 is 21.4 Å². The van der Waals surface area contributed by atoms with E-state index in [2.05, 4.69) is 10.1 Å². The summed E-state index contributed by atoms with van der Waals surface area (Å²) in [5.41, 5.74) is 1.97. The molecule has 1 aromatic rings. The highest BCUT2D eigenvalue weighted by atomic mass is 32.2. The molecule has 0 aliphatic heterocycles. The highest BCUT2D eigenvalue weighted by Gasteiger charge is 2.39. The van der Waals surface area contributed by atoms with E-state index in [0.29, 0.717) is 5.92 Å². The van der Waals surface area contributed by atoms with Gasteiger partial charge in [0.05, 0.1) is 10.6 Å². The van der Waals surface area contributed by atoms with E-state index in [1.54, 1.807) is 0 Å². The molecule has 0 radical (unpaired) electrons. The molecule has 0 aromatic heterocycles. The van der Waals surface area contributed by atoms with Crippen LogP contribution in [0.5, 0.6) is 0 Å². The summed E-state index contributed by atoms with van der Waals surface area (Å²) in [6.45, 7) is 2.00. The highest BCUT2D eigenvalue weighted by molar-refractivity contribution is 7.89. The minimum Gasteiger partial charge on any atom is -0.323 e. The maximum atomic E-state index is 12.2. The van der Waals surface area contributed by atoms with Crippen LogP contribution in [-0.4, -0.2) is 19.4 Å². The monoisotopic (exact) mass is 300 g/mol. The second-order valence-corrected chi connectivity index (χ2v) is 6.40. The van der Waals surface area contributed by atoms with E-state index < -0.39 is 14.9 Å². The van der Waals surface area contributed by atoms with Gasteiger partial charge in [-0.15, -0.1) is 0 Å². The van der Waals surface area contributed by atoms with Gasteiger partial charge in [0, 0.05) is 18.2 Å². The standard InChI is InChI=1S/C11H16N4O4S/c1-2-7-5-9(7)14-20(18,19)11-4-3-8(15(16)17)6-10(11)13-12/h3-4,6-7,9,13-14H,2,5,12H2,1H3. The minimum atomic E-state index is -3.74. The van der Waals surface area contributed by atoms with Crippen LogP contribution >= 0.6 is 0 Å². The average Bonchev–Trinajstić information content (AvgIpc) is 3.15. The molecule has 2 rings (SSSR count). The van der Waals surface area contributed by atoms with E-state index in [1.807, 2.05) is 6.92 Å². The lowest BCUT2D eigenvalue weighted by atomic mass is 10.3. The number of hydrogen-bond acceptors (Lipinski definition) is 6. The van der Waals surface area contributed by atoms with Crippen molar-refractivity contribution in [3.63, 3.8) is 0 Å². The zero-order valence-corrected chi connectivity index (χ0v) is 11.7. The van der Waals surface area contributed by atoms with Gasteiger partial charge in [-0.25, -0.2) is 13.1 Å². The van der Waals surface area contributed by atoms with Gasteiger partial charge in [0.1, 0.15) is 4.90 Å². The molecule has 9 heteroatoms. The van der Waals surface area contributed by atoms with Crippen LogP contribution in [0, 0.1) is 16.0 Å². The number of anilines is 1. The van der Waals surface area contributed by atoms with E-state index >= 15 is 0 Å². The van der Waals surface area contributed by atoms with Crippen molar-refractivity contribution in [3.8, 4) is 0 Å². The molecule has 8 nitrogen and oxygen atoms in total. The predicted octanol–water partition coefficient (Wildman–Crippen LogP) is 0.957. The quantitative estimate of drug-likeness (QED) is 0.408. The molecule has 0 bridgehead atoms. The second-order valence-electron chi connectivity index (χ2n) is 4.71. The second kappa shape index (κ2) is 5.35. The summed E-state index contributed by atoms with van der Waals surface area (Å²) in [5, 5.41) is 10.7. The van der Waals surface area contributed by atoms with Gasteiger partial charge in [0.2, 0.25) is 10.0 Å². The zero-order valence-electron chi connectivity index (χ0n) is 10.9. The third-order valence-corrected chi connectivity index (χ3v) is 4.92. The Kier molecular flexibility index (Phi) is 3.93. The molecule has 0 heterocycles. The first kappa shape index (κ1) is 14.7. The lowest BCUT2D eigenvalue weighted by molar-refractivity contribution is -0.384. The fourth-order valence-electron chi connectivity index (χ4n) is 2.08. The number of nitro benzene ring substituents is 1. The number of nitro groups is 1. The van der Waals surface area contributed by atoms with Crippen molar-refractivity contribution in [2.45, 2.75) is 30.7 Å². The Morgan fingerprint density at radius 3 is 2.70 bits per heavy atom. The van der Waals surface area contributed by atoms with Crippen LogP contribution in [0.2, 0.25) is 0 Å². The van der Waals surface area contributed by atoms with Crippen molar-refractivity contribution < 1.29 is 13.3 Å². The Labute approximate surface area is 116 Å². The Hall–Kier alpha value is -1.71. The third-order valence-electron chi connectivity index (χ3n) is 3.37. The zero-order chi connectivity index (χ0) is 14.9. The topological polar surface area (TPSA) is 127 Å². The summed E-state index contributed by atoms with van der Waals surface area (Å²) in [6, 6.07) is 3.35. The Bertz CT molecular complexity index is 631. The Morgan fingerprint density at radius 1 is 1.50 bits per heavy atom. The molecule has 1 aromatic carbocycles. The number of sulfonamides is 1. The number of hydrogen-bond donors (Lipinski definition) is 3. The maximum absolute atomic E-state index is 12.2. The number of nitrogen functional groups attached to an aromatic ring is 1. The first-order valence-electron chi connectivity index (χ1n) is 6.16. The van der Waals surface area contributed by atoms with Crippen LogP contribution in [0.15, 0.2) is 23.1 Å². The lowest BCUT2D eigenvalue weighted by Crippen LogP contribution is -2.28. The van der Waals surface area contributed by atoms with E-state index in [4.69, 9.17) is 5.84 Å². The van der Waals surface area contributed by atoms with E-state index in [1.165, 1.54) is 6.07 Å². The fourth-order valence-corrected chi connectivity index (χ4v) is 3.55. The van der Waals surface area contributed by atoms with Gasteiger partial charge in [-0.3, -0.25) is 16.0 Å². The molecule has 0 amide bonds. The normalized spacial score (nSPS) is 21.5. The SMILES string of the molecule is CCC1CC1NS(=O)(=O)c1ccc([N+](=O)[O-])cc1NN. The molecule has 1 fully saturated rings. The molecule has 0 saturated heterocycles. The van der Waals surface area contributed by atoms with Crippen molar-refractivity contribution in [1.82, 2.24) is 4.72 Å². The summed E-state index contributed by atoms with van der Waals surface area (Å²) in [5.74, 6) is 5.61. The van der Waals surface area contributed by atoms with Gasteiger partial charge in [-0.1, -0.05) is 13.3 Å². The Balaban J connectivity index is 2.29. The lowest BCUT2D eigenvalue weighted by Gasteiger charge is -2.10. The number of nitrogens with zero attached hydrogens (tertiary/aromatic N) is 1. The number of nitrogens with two attached hydrogens (primary N) is 1. The van der Waals surface area contributed by atoms with Crippen molar-refractivity contribution in [1.29, 1.82) is 0 Å². The summed E-state index contributed by atoms with van der Waals surface area (Å²) in [4.78, 5) is 9.97. The highest BCUT2D eigenvalue weighted by Crippen LogP contribution is 2.35. The maximum Gasteiger partial charge on any atom is 0.271 e. The first-order chi connectivity index (χ1) is 9.39. The molecule has 110 valence electrons. The average molecular weight is 300 g/mol. The molecule has 4 N–H and O–H groups in total. The molecule has 0 spiro atoms. The van der Waals surface area contributed by atoms with Crippen LogP contribution in [-0.2, 0) is 10.0 Å². The van der Waals surface area contributed by atoms with Crippen LogP contribution in [0.25, 0.3) is 0 Å². The molecule has 1 aliphatic rings. The number of nitrogens with one attached hydrogen (secondary N) is 2. The van der Waals surface area contributed by atoms with E-state index in [-0.39, 0.29) is 22.3 Å². The smallest absolute Gasteiger partial charge is 0.271 e. The molecule has 1 aliphatic carbocycles. The number of hydrazine groups is 1. The van der Waals surface area contributed by atoms with Gasteiger partial charge >= 0.3 is 0 Å². The first-order valence-corrected chi connectivity index (χ1v) is 7.64. The van der Waals surface area contributed by atoms with Gasteiger partial charge in [-0.2, -0.15) is 0 Å². The molecular weight excluding hydrogens is 284 g/mol. The predicted molar refractivity (Wildman–Crippen MR) is 73.4 cm³/mol. The third kappa shape index (κ3) is 2.89. The minimum absolute atomic E-state index is 0.000369. The molecule has 2 unspecified atom stereocenters. The van der Waals surface area contributed by atoms with E-state index in [9.17, 15) is 18.5 Å². The largest absolute Gasteiger partial charge is 0.323 e. The number of benzene rings is 1. The van der Waals surface area contributed by atoms with Gasteiger partial charge < -0.3 is 5.43 Å². The summed E-state index contributed by atoms with van der Waals surface area (Å²) in [6.07, 6.45) is 1.73. The molecule has 1 saturated carbocycles. The summed E-state index contributed by atoms with van der Waals surface area (Å²) >= 11 is 0. The van der Waals surface area contributed by atoms with Crippen LogP contribution in [0.3, 0.4) is 0 Å². The van der Waals surface area contributed by atoms with Crippen LogP contribution < -0.4 is 16.0 Å². The van der Waals surface area contributed by atoms with Crippen molar-refractivity contribution in [3.05, 3.63) is 28.3 Å². The van der Waals surface area contributed by atoms with Crippen LogP contribution in [0.1, 0.15) is 19.8 Å². The molecular formula is C11H16N4O4S. The summed E-state index contributed by atoms with van der Waals surface area (Å²) < 4.78 is 27.0. The fraction of sp³-hybridized carbons (Fsp3) is 0.455. The van der Waals surface area contributed by atoms with Crippen LogP contribution in [0.4, 0.5) is 11.4 Å². The van der Waals surface area contributed by atoms with Gasteiger partial charge in [0.25, 0.3) is 5.69 Å². The number of rotatable bonds is 6. The molecule has 2 atom stereocenters. The molecule has 20 heavy (non-hydrogen) atoms. The van der Waals surface area contributed by atoms with Crippen molar-refractivity contribution in [2.24, 2.45) is 11.8 Å².